The third-order valence-corrected chi connectivity index (χ3v) is 6.09. The quantitative estimate of drug-likeness (QED) is 0.605. The summed E-state index contributed by atoms with van der Waals surface area (Å²) in [6.07, 6.45) is 2.00. The molecule has 29 heavy (non-hydrogen) atoms. The molecule has 0 fully saturated rings. The van der Waals surface area contributed by atoms with Gasteiger partial charge in [0.15, 0.2) is 11.5 Å². The number of rotatable bonds is 6. The van der Waals surface area contributed by atoms with Crippen LogP contribution in [-0.2, 0) is 11.2 Å². The van der Waals surface area contributed by atoms with Crippen LogP contribution >= 0.6 is 11.6 Å². The third kappa shape index (κ3) is 4.85. The molecule has 0 bridgehead atoms. The van der Waals surface area contributed by atoms with Gasteiger partial charge in [0.1, 0.15) is 11.5 Å². The van der Waals surface area contributed by atoms with E-state index in [1.165, 1.54) is 0 Å². The first-order chi connectivity index (χ1) is 13.8. The number of carbonyl (C=O) groups is 1. The highest BCUT2D eigenvalue weighted by Crippen LogP contribution is 2.43. The average Bonchev–Trinajstić information content (AvgIpc) is 2.86. The number of phenols is 3. The minimum absolute atomic E-state index is 0.0536. The fourth-order valence-corrected chi connectivity index (χ4v) is 4.23. The van der Waals surface area contributed by atoms with Crippen LogP contribution in [-0.4, -0.2) is 45.6 Å². The highest BCUT2D eigenvalue weighted by molar-refractivity contribution is 6.33. The van der Waals surface area contributed by atoms with Crippen LogP contribution in [0.25, 0.3) is 0 Å². The molecule has 0 aliphatic carbocycles. The summed E-state index contributed by atoms with van der Waals surface area (Å²) < 4.78 is 0. The second-order valence-corrected chi connectivity index (χ2v) is 8.42. The highest BCUT2D eigenvalue weighted by Gasteiger charge is 2.28. The molecule has 2 aromatic carbocycles. The minimum atomic E-state index is -0.286. The van der Waals surface area contributed by atoms with Gasteiger partial charge in [0.2, 0.25) is 0 Å². The van der Waals surface area contributed by atoms with Gasteiger partial charge >= 0.3 is 0 Å². The van der Waals surface area contributed by atoms with E-state index >= 15 is 0 Å². The summed E-state index contributed by atoms with van der Waals surface area (Å²) in [6.45, 7) is 6.09. The maximum atomic E-state index is 12.0. The highest BCUT2D eigenvalue weighted by atomic mass is 35.5. The smallest absolute Gasteiger partial charge is 0.176 e. The van der Waals surface area contributed by atoms with Crippen molar-refractivity contribution in [2.24, 2.45) is 5.92 Å². The van der Waals surface area contributed by atoms with Crippen LogP contribution in [0, 0.1) is 5.92 Å². The van der Waals surface area contributed by atoms with Gasteiger partial charge in [-0.25, -0.2) is 0 Å². The first-order valence-electron chi connectivity index (χ1n) is 10.0. The SMILES string of the molecule is CC(C)C(=O)CCCN1CCc2c(cc(O)c(O)c2Cl)C(c2ccc(O)cc2)C1. The molecule has 3 rings (SSSR count). The topological polar surface area (TPSA) is 81.0 Å². The Labute approximate surface area is 176 Å². The zero-order valence-corrected chi connectivity index (χ0v) is 17.6. The van der Waals surface area contributed by atoms with Crippen molar-refractivity contribution in [2.45, 2.75) is 39.0 Å². The molecule has 1 aliphatic rings. The maximum Gasteiger partial charge on any atom is 0.176 e. The molecule has 1 atom stereocenters. The van der Waals surface area contributed by atoms with Crippen LogP contribution in [0.4, 0.5) is 0 Å². The fraction of sp³-hybridized carbons (Fsp3) is 0.435. The number of hydrogen-bond donors (Lipinski definition) is 3. The number of fused-ring (bicyclic) bond motifs is 1. The number of Topliss-reactive ketones (excluding diaryl/α,β-unsaturated/α-hetero) is 1. The average molecular weight is 418 g/mol. The van der Waals surface area contributed by atoms with E-state index in [9.17, 15) is 20.1 Å². The number of phenolic OH excluding ortho intramolecular Hbond substituents is 3. The van der Waals surface area contributed by atoms with Crippen molar-refractivity contribution in [3.8, 4) is 17.2 Å². The molecule has 0 spiro atoms. The molecule has 0 saturated carbocycles. The molecule has 156 valence electrons. The summed E-state index contributed by atoms with van der Waals surface area (Å²) in [5.74, 6) is -0.0653. The Morgan fingerprint density at radius 2 is 1.90 bits per heavy atom. The standard InChI is InChI=1S/C23H28ClNO4/c1-14(2)20(27)4-3-10-25-11-9-17-18(12-21(28)23(29)22(17)24)19(13-25)15-5-7-16(26)8-6-15/h5-8,12,14,19,26,28-29H,3-4,9-11,13H2,1-2H3. The summed E-state index contributed by atoms with van der Waals surface area (Å²) in [5, 5.41) is 30.1. The largest absolute Gasteiger partial charge is 0.508 e. The van der Waals surface area contributed by atoms with E-state index in [0.717, 1.165) is 36.2 Å². The van der Waals surface area contributed by atoms with Crippen molar-refractivity contribution in [1.82, 2.24) is 4.90 Å². The van der Waals surface area contributed by atoms with Crippen molar-refractivity contribution in [3.63, 3.8) is 0 Å². The number of aromatic hydroxyl groups is 3. The van der Waals surface area contributed by atoms with Gasteiger partial charge in [-0.15, -0.1) is 0 Å². The van der Waals surface area contributed by atoms with Crippen LogP contribution in [0.3, 0.4) is 0 Å². The number of benzene rings is 2. The molecule has 3 N–H and O–H groups in total. The predicted octanol–water partition coefficient (Wildman–Crippen LogP) is 4.45. The summed E-state index contributed by atoms with van der Waals surface area (Å²) >= 11 is 6.38. The Morgan fingerprint density at radius 1 is 1.21 bits per heavy atom. The van der Waals surface area contributed by atoms with Crippen molar-refractivity contribution < 1.29 is 20.1 Å². The van der Waals surface area contributed by atoms with Crippen molar-refractivity contribution in [2.75, 3.05) is 19.6 Å². The number of hydrogen-bond acceptors (Lipinski definition) is 5. The molecule has 1 heterocycles. The summed E-state index contributed by atoms with van der Waals surface area (Å²) in [7, 11) is 0. The lowest BCUT2D eigenvalue weighted by atomic mass is 9.87. The lowest BCUT2D eigenvalue weighted by molar-refractivity contribution is -0.122. The predicted molar refractivity (Wildman–Crippen MR) is 114 cm³/mol. The fourth-order valence-electron chi connectivity index (χ4n) is 3.93. The molecule has 2 aromatic rings. The van der Waals surface area contributed by atoms with Gasteiger partial charge in [-0.05, 0) is 54.3 Å². The molecule has 0 saturated heterocycles. The van der Waals surface area contributed by atoms with Crippen molar-refractivity contribution in [1.29, 1.82) is 0 Å². The van der Waals surface area contributed by atoms with Crippen molar-refractivity contribution in [3.05, 3.63) is 52.0 Å². The maximum absolute atomic E-state index is 12.0. The zero-order valence-electron chi connectivity index (χ0n) is 16.9. The van der Waals surface area contributed by atoms with Gasteiger partial charge in [-0.2, -0.15) is 0 Å². The Balaban J connectivity index is 1.89. The Morgan fingerprint density at radius 3 is 2.55 bits per heavy atom. The molecule has 1 unspecified atom stereocenters. The number of nitrogens with zero attached hydrogens (tertiary/aromatic N) is 1. The molecule has 1 aliphatic heterocycles. The molecule has 5 nitrogen and oxygen atoms in total. The van der Waals surface area contributed by atoms with E-state index in [4.69, 9.17) is 11.6 Å². The van der Waals surface area contributed by atoms with E-state index in [1.807, 2.05) is 26.0 Å². The number of ketones is 1. The van der Waals surface area contributed by atoms with E-state index in [2.05, 4.69) is 4.90 Å². The lowest BCUT2D eigenvalue weighted by Gasteiger charge is -2.25. The van der Waals surface area contributed by atoms with Crippen LogP contribution < -0.4 is 0 Å². The first kappa shape index (κ1) is 21.5. The van der Waals surface area contributed by atoms with Gasteiger partial charge in [-0.1, -0.05) is 37.6 Å². The van der Waals surface area contributed by atoms with Crippen LogP contribution in [0.2, 0.25) is 5.02 Å². The van der Waals surface area contributed by atoms with Crippen molar-refractivity contribution >= 4 is 17.4 Å². The Hall–Kier alpha value is -2.24. The van der Waals surface area contributed by atoms with E-state index in [1.54, 1.807) is 18.2 Å². The Bertz CT molecular complexity index is 879. The molecular formula is C23H28ClNO4. The second kappa shape index (κ2) is 9.06. The van der Waals surface area contributed by atoms with Gasteiger partial charge in [0.25, 0.3) is 0 Å². The molecule has 0 aromatic heterocycles. The molecule has 0 radical (unpaired) electrons. The van der Waals surface area contributed by atoms with Gasteiger partial charge in [0.05, 0.1) is 5.02 Å². The van der Waals surface area contributed by atoms with Crippen LogP contribution in [0.15, 0.2) is 30.3 Å². The minimum Gasteiger partial charge on any atom is -0.508 e. The summed E-state index contributed by atoms with van der Waals surface area (Å²) in [5.41, 5.74) is 2.72. The Kier molecular flexibility index (Phi) is 6.70. The van der Waals surface area contributed by atoms with Gasteiger partial charge in [-0.3, -0.25) is 4.79 Å². The van der Waals surface area contributed by atoms with E-state index < -0.39 is 0 Å². The van der Waals surface area contributed by atoms with Crippen LogP contribution in [0.5, 0.6) is 17.2 Å². The normalized spacial score (nSPS) is 17.2. The van der Waals surface area contributed by atoms with Gasteiger partial charge < -0.3 is 20.2 Å². The summed E-state index contributed by atoms with van der Waals surface area (Å²) in [6, 6.07) is 8.63. The first-order valence-corrected chi connectivity index (χ1v) is 10.4. The van der Waals surface area contributed by atoms with Crippen LogP contribution in [0.1, 0.15) is 49.3 Å². The third-order valence-electron chi connectivity index (χ3n) is 5.69. The number of carbonyl (C=O) groups excluding carboxylic acids is 1. The van der Waals surface area contributed by atoms with E-state index in [0.29, 0.717) is 19.4 Å². The number of halogens is 1. The zero-order chi connectivity index (χ0) is 21.1. The second-order valence-electron chi connectivity index (χ2n) is 8.05. The monoisotopic (exact) mass is 417 g/mol. The summed E-state index contributed by atoms with van der Waals surface area (Å²) in [4.78, 5) is 14.3. The molecule has 0 amide bonds. The van der Waals surface area contributed by atoms with E-state index in [-0.39, 0.29) is 39.9 Å². The lowest BCUT2D eigenvalue weighted by Crippen LogP contribution is -2.30. The molecular weight excluding hydrogens is 390 g/mol. The molecule has 6 heteroatoms. The van der Waals surface area contributed by atoms with Gasteiger partial charge in [0, 0.05) is 31.3 Å².